The minimum absolute atomic E-state index is 0.00166. The van der Waals surface area contributed by atoms with Gasteiger partial charge in [0.2, 0.25) is 0 Å². The second-order valence-corrected chi connectivity index (χ2v) is 9.11. The van der Waals surface area contributed by atoms with Crippen molar-refractivity contribution in [2.75, 3.05) is 37.4 Å². The van der Waals surface area contributed by atoms with Crippen LogP contribution >= 0.6 is 0 Å². The first kappa shape index (κ1) is 21.1. The zero-order chi connectivity index (χ0) is 22.3. The Hall–Kier alpha value is -3.17. The van der Waals surface area contributed by atoms with Crippen LogP contribution in [0, 0.1) is 25.2 Å². The number of likely N-dealkylation sites (N-methyl/N-ethyl adjacent to an activating group) is 1. The van der Waals surface area contributed by atoms with E-state index < -0.39 is 0 Å². The zero-order valence-corrected chi connectivity index (χ0v) is 19.2. The molecule has 160 valence electrons. The van der Waals surface area contributed by atoms with Gasteiger partial charge < -0.3 is 15.1 Å². The number of nitriles is 1. The second kappa shape index (κ2) is 7.82. The quantitative estimate of drug-likeness (QED) is 0.666. The van der Waals surface area contributed by atoms with Gasteiger partial charge in [0.05, 0.1) is 28.9 Å². The number of aryl methyl sites for hydroxylation is 1. The van der Waals surface area contributed by atoms with Crippen LogP contribution in [0.2, 0.25) is 0 Å². The van der Waals surface area contributed by atoms with E-state index in [4.69, 9.17) is 0 Å². The summed E-state index contributed by atoms with van der Waals surface area (Å²) in [6, 6.07) is 14.7. The number of rotatable bonds is 5. The average Bonchev–Trinajstić information content (AvgIpc) is 2.73. The first-order valence-electron chi connectivity index (χ1n) is 10.7. The number of nitrogens with one attached hydrogen (secondary N) is 1. The Kier molecular flexibility index (Phi) is 5.32. The van der Waals surface area contributed by atoms with Gasteiger partial charge in [0, 0.05) is 29.5 Å². The SMILES string of the molecule is Cc1c(C#N)cccc1C(C)Nc1nnc(C)c2ccc(N3CC(C)(N(C)C)C3)cc12. The number of hydrogen-bond acceptors (Lipinski definition) is 6. The topological polar surface area (TPSA) is 68.1 Å². The van der Waals surface area contributed by atoms with E-state index in [9.17, 15) is 5.26 Å². The molecule has 0 bridgehead atoms. The number of fused-ring (bicyclic) bond motifs is 1. The molecule has 31 heavy (non-hydrogen) atoms. The van der Waals surface area contributed by atoms with Crippen LogP contribution in [0.5, 0.6) is 0 Å². The largest absolute Gasteiger partial charge is 0.368 e. The third-order valence-corrected chi connectivity index (χ3v) is 6.77. The molecule has 1 aliphatic heterocycles. The molecule has 0 spiro atoms. The summed E-state index contributed by atoms with van der Waals surface area (Å²) < 4.78 is 0. The Bertz CT molecular complexity index is 1170. The van der Waals surface area contributed by atoms with Gasteiger partial charge >= 0.3 is 0 Å². The molecule has 3 aromatic rings. The van der Waals surface area contributed by atoms with E-state index in [1.165, 1.54) is 5.69 Å². The highest BCUT2D eigenvalue weighted by atomic mass is 15.3. The highest BCUT2D eigenvalue weighted by molar-refractivity contribution is 5.95. The van der Waals surface area contributed by atoms with Crippen molar-refractivity contribution in [2.24, 2.45) is 0 Å². The van der Waals surface area contributed by atoms with E-state index >= 15 is 0 Å². The highest BCUT2D eigenvalue weighted by Crippen LogP contribution is 2.35. The lowest BCUT2D eigenvalue weighted by Crippen LogP contribution is -2.67. The predicted octanol–water partition coefficient (Wildman–Crippen LogP) is 4.43. The molecule has 1 fully saturated rings. The Morgan fingerprint density at radius 1 is 1.13 bits per heavy atom. The van der Waals surface area contributed by atoms with Gasteiger partial charge in [-0.1, -0.05) is 18.2 Å². The van der Waals surface area contributed by atoms with Crippen LogP contribution in [0.4, 0.5) is 11.5 Å². The summed E-state index contributed by atoms with van der Waals surface area (Å²) >= 11 is 0. The fraction of sp³-hybridized carbons (Fsp3) is 0.400. The smallest absolute Gasteiger partial charge is 0.157 e. The van der Waals surface area contributed by atoms with Gasteiger partial charge in [-0.05, 0) is 71.1 Å². The lowest BCUT2D eigenvalue weighted by molar-refractivity contribution is 0.133. The van der Waals surface area contributed by atoms with E-state index in [0.717, 1.165) is 46.5 Å². The monoisotopic (exact) mass is 414 g/mol. The summed E-state index contributed by atoms with van der Waals surface area (Å²) in [6.45, 7) is 10.4. The van der Waals surface area contributed by atoms with Gasteiger partial charge in [0.1, 0.15) is 0 Å². The molecule has 4 rings (SSSR count). The molecule has 1 aliphatic rings. The third kappa shape index (κ3) is 3.70. The molecule has 2 aromatic carbocycles. The van der Waals surface area contributed by atoms with Crippen LogP contribution in [0.25, 0.3) is 10.8 Å². The van der Waals surface area contributed by atoms with Crippen molar-refractivity contribution in [1.29, 1.82) is 5.26 Å². The first-order valence-corrected chi connectivity index (χ1v) is 10.7. The molecular formula is C25H30N6. The average molecular weight is 415 g/mol. The highest BCUT2D eigenvalue weighted by Gasteiger charge is 2.40. The maximum atomic E-state index is 9.37. The molecule has 0 aliphatic carbocycles. The molecule has 2 heterocycles. The minimum atomic E-state index is -0.00166. The zero-order valence-electron chi connectivity index (χ0n) is 19.2. The molecule has 0 radical (unpaired) electrons. The van der Waals surface area contributed by atoms with Crippen molar-refractivity contribution in [3.63, 3.8) is 0 Å². The minimum Gasteiger partial charge on any atom is -0.368 e. The van der Waals surface area contributed by atoms with Gasteiger partial charge in [-0.25, -0.2) is 0 Å². The van der Waals surface area contributed by atoms with Gasteiger partial charge in [-0.15, -0.1) is 5.10 Å². The van der Waals surface area contributed by atoms with Gasteiger partial charge in [0.15, 0.2) is 5.82 Å². The molecule has 6 heteroatoms. The van der Waals surface area contributed by atoms with E-state index in [0.29, 0.717) is 5.56 Å². The van der Waals surface area contributed by atoms with Crippen LogP contribution in [0.15, 0.2) is 36.4 Å². The summed E-state index contributed by atoms with van der Waals surface area (Å²) in [6.07, 6.45) is 0. The maximum absolute atomic E-state index is 9.37. The van der Waals surface area contributed by atoms with Crippen LogP contribution in [0.1, 0.15) is 42.3 Å². The Balaban J connectivity index is 1.67. The van der Waals surface area contributed by atoms with E-state index in [-0.39, 0.29) is 11.6 Å². The normalized spacial score (nSPS) is 16.1. The lowest BCUT2D eigenvalue weighted by Gasteiger charge is -2.53. The van der Waals surface area contributed by atoms with Crippen molar-refractivity contribution < 1.29 is 0 Å². The second-order valence-electron chi connectivity index (χ2n) is 9.11. The fourth-order valence-corrected chi connectivity index (χ4v) is 4.35. The summed E-state index contributed by atoms with van der Waals surface area (Å²) in [5, 5.41) is 24.0. The lowest BCUT2D eigenvalue weighted by atomic mass is 9.90. The summed E-state index contributed by atoms with van der Waals surface area (Å²) in [4.78, 5) is 4.70. The molecule has 1 saturated heterocycles. The molecule has 1 unspecified atom stereocenters. The standard InChI is InChI=1S/C25H30N6/c1-16-19(13-26)8-7-9-21(16)17(2)27-24-23-12-20(10-11-22(23)18(3)28-29-24)31-14-25(4,15-31)30(5)6/h7-12,17H,14-15H2,1-6H3,(H,27,29). The fourth-order valence-electron chi connectivity index (χ4n) is 4.35. The molecule has 0 amide bonds. The maximum Gasteiger partial charge on any atom is 0.157 e. The molecule has 0 saturated carbocycles. The van der Waals surface area contributed by atoms with Crippen molar-refractivity contribution in [3.05, 3.63) is 58.8 Å². The molecule has 1 aromatic heterocycles. The van der Waals surface area contributed by atoms with E-state index in [2.05, 4.69) is 83.6 Å². The number of nitrogens with zero attached hydrogens (tertiary/aromatic N) is 5. The van der Waals surface area contributed by atoms with Crippen LogP contribution in [-0.4, -0.2) is 47.8 Å². The Morgan fingerprint density at radius 2 is 1.87 bits per heavy atom. The summed E-state index contributed by atoms with van der Waals surface area (Å²) in [5.41, 5.74) is 5.13. The van der Waals surface area contributed by atoms with Crippen molar-refractivity contribution in [2.45, 2.75) is 39.3 Å². The van der Waals surface area contributed by atoms with Crippen molar-refractivity contribution in [1.82, 2.24) is 15.1 Å². The summed E-state index contributed by atoms with van der Waals surface area (Å²) in [5.74, 6) is 0.771. The van der Waals surface area contributed by atoms with Crippen molar-refractivity contribution in [3.8, 4) is 6.07 Å². The number of hydrogen-bond donors (Lipinski definition) is 1. The van der Waals surface area contributed by atoms with E-state index in [1.54, 1.807) is 0 Å². The van der Waals surface area contributed by atoms with Crippen LogP contribution < -0.4 is 10.2 Å². The molecule has 1 atom stereocenters. The third-order valence-electron chi connectivity index (χ3n) is 6.77. The van der Waals surface area contributed by atoms with Gasteiger partial charge in [0.25, 0.3) is 0 Å². The first-order chi connectivity index (χ1) is 14.7. The van der Waals surface area contributed by atoms with Gasteiger partial charge in [-0.3, -0.25) is 0 Å². The van der Waals surface area contributed by atoms with Crippen molar-refractivity contribution >= 4 is 22.3 Å². The molecule has 1 N–H and O–H groups in total. The Labute approximate surface area is 184 Å². The van der Waals surface area contributed by atoms with Gasteiger partial charge in [-0.2, -0.15) is 10.4 Å². The summed E-state index contributed by atoms with van der Waals surface area (Å²) in [7, 11) is 4.28. The molecule has 6 nitrogen and oxygen atoms in total. The van der Waals surface area contributed by atoms with E-state index in [1.807, 2.05) is 26.0 Å². The number of benzene rings is 2. The predicted molar refractivity (Wildman–Crippen MR) is 127 cm³/mol. The molecular weight excluding hydrogens is 384 g/mol. The number of anilines is 2. The van der Waals surface area contributed by atoms with Crippen LogP contribution in [0.3, 0.4) is 0 Å². The number of aromatic nitrogens is 2. The Morgan fingerprint density at radius 3 is 2.55 bits per heavy atom. The van der Waals surface area contributed by atoms with Crippen LogP contribution in [-0.2, 0) is 0 Å².